The summed E-state index contributed by atoms with van der Waals surface area (Å²) in [6, 6.07) is 6.61. The van der Waals surface area contributed by atoms with E-state index < -0.39 is 4.92 Å². The van der Waals surface area contributed by atoms with Crippen LogP contribution in [0.3, 0.4) is 0 Å². The van der Waals surface area contributed by atoms with Crippen LogP contribution in [0.2, 0.25) is 0 Å². The first kappa shape index (κ1) is 10.2. The molecule has 0 aromatic heterocycles. The van der Waals surface area contributed by atoms with Crippen molar-refractivity contribution in [3.63, 3.8) is 0 Å². The Bertz CT molecular complexity index is 394. The number of nitro groups is 1. The lowest BCUT2D eigenvalue weighted by atomic mass is 10.1. The Balaban J connectivity index is 3.07. The van der Waals surface area contributed by atoms with Crippen LogP contribution in [0.4, 0.5) is 5.69 Å². The van der Waals surface area contributed by atoms with Crippen LogP contribution in [0.25, 0.3) is 6.08 Å². The molecule has 0 aliphatic carbocycles. The van der Waals surface area contributed by atoms with Crippen molar-refractivity contribution in [2.45, 2.75) is 6.92 Å². The molecule has 0 amide bonds. The molecule has 3 nitrogen and oxygen atoms in total. The largest absolute Gasteiger partial charge is 0.276 e. The average Bonchev–Trinajstić information content (AvgIpc) is 2.15. The summed E-state index contributed by atoms with van der Waals surface area (Å²) in [5.74, 6) is 0. The minimum atomic E-state index is -0.391. The maximum Gasteiger partial charge on any atom is 0.276 e. The molecule has 0 aliphatic rings. The lowest BCUT2D eigenvalue weighted by Gasteiger charge is -1.95. The van der Waals surface area contributed by atoms with E-state index in [1.54, 1.807) is 30.4 Å². The van der Waals surface area contributed by atoms with Gasteiger partial charge in [0.25, 0.3) is 5.69 Å². The minimum Gasteiger partial charge on any atom is -0.258 e. The maximum atomic E-state index is 10.6. The molecule has 0 N–H and O–H groups in total. The van der Waals surface area contributed by atoms with E-state index in [1.807, 2.05) is 6.92 Å². The molecule has 3 heteroatoms. The molecule has 0 heterocycles. The van der Waals surface area contributed by atoms with Gasteiger partial charge in [-0.1, -0.05) is 30.4 Å². The van der Waals surface area contributed by atoms with E-state index in [1.165, 1.54) is 6.07 Å². The Morgan fingerprint density at radius 3 is 2.71 bits per heavy atom. The Kier molecular flexibility index (Phi) is 3.18. The molecule has 0 unspecified atom stereocenters. The van der Waals surface area contributed by atoms with Crippen LogP contribution in [0.5, 0.6) is 0 Å². The lowest BCUT2D eigenvalue weighted by molar-refractivity contribution is -0.385. The monoisotopic (exact) mass is 189 g/mol. The molecule has 1 rings (SSSR count). The van der Waals surface area contributed by atoms with Crippen molar-refractivity contribution in [3.8, 4) is 0 Å². The second kappa shape index (κ2) is 4.37. The van der Waals surface area contributed by atoms with Crippen molar-refractivity contribution < 1.29 is 4.92 Å². The summed E-state index contributed by atoms with van der Waals surface area (Å²) < 4.78 is 0. The van der Waals surface area contributed by atoms with Crippen molar-refractivity contribution in [1.82, 2.24) is 0 Å². The predicted molar refractivity (Wildman–Crippen MR) is 56.9 cm³/mol. The topological polar surface area (TPSA) is 43.1 Å². The van der Waals surface area contributed by atoms with Crippen LogP contribution >= 0.6 is 0 Å². The van der Waals surface area contributed by atoms with E-state index in [9.17, 15) is 10.1 Å². The standard InChI is InChI=1S/C11H11NO2/c1-9(2)7-8-10-5-3-4-6-11(10)12(13)14/h3-8H,1H2,2H3/b8-7+. The van der Waals surface area contributed by atoms with Gasteiger partial charge in [0.2, 0.25) is 0 Å². The summed E-state index contributed by atoms with van der Waals surface area (Å²) in [5.41, 5.74) is 1.58. The van der Waals surface area contributed by atoms with Gasteiger partial charge >= 0.3 is 0 Å². The number of hydrogen-bond donors (Lipinski definition) is 0. The number of rotatable bonds is 3. The number of benzene rings is 1. The number of hydrogen-bond acceptors (Lipinski definition) is 2. The fraction of sp³-hybridized carbons (Fsp3) is 0.0909. The van der Waals surface area contributed by atoms with Crippen molar-refractivity contribution in [2.24, 2.45) is 0 Å². The van der Waals surface area contributed by atoms with Crippen LogP contribution in [0, 0.1) is 10.1 Å². The van der Waals surface area contributed by atoms with Gasteiger partial charge in [0.15, 0.2) is 0 Å². The Labute approximate surface area is 82.5 Å². The fourth-order valence-corrected chi connectivity index (χ4v) is 1.03. The van der Waals surface area contributed by atoms with Crippen LogP contribution in [-0.2, 0) is 0 Å². The van der Waals surface area contributed by atoms with Gasteiger partial charge in [0, 0.05) is 6.07 Å². The zero-order valence-electron chi connectivity index (χ0n) is 7.93. The molecule has 0 spiro atoms. The summed E-state index contributed by atoms with van der Waals surface area (Å²) >= 11 is 0. The fourth-order valence-electron chi connectivity index (χ4n) is 1.03. The molecule has 0 aliphatic heterocycles. The first-order valence-electron chi connectivity index (χ1n) is 4.18. The Morgan fingerprint density at radius 1 is 1.50 bits per heavy atom. The zero-order valence-corrected chi connectivity index (χ0v) is 7.93. The van der Waals surface area contributed by atoms with E-state index in [-0.39, 0.29) is 5.69 Å². The molecular weight excluding hydrogens is 178 g/mol. The van der Waals surface area contributed by atoms with Gasteiger partial charge < -0.3 is 0 Å². The number of para-hydroxylation sites is 1. The second-order valence-corrected chi connectivity index (χ2v) is 3.00. The van der Waals surface area contributed by atoms with Gasteiger partial charge in [-0.2, -0.15) is 0 Å². The molecule has 1 aromatic rings. The second-order valence-electron chi connectivity index (χ2n) is 3.00. The predicted octanol–water partition coefficient (Wildman–Crippen LogP) is 3.18. The summed E-state index contributed by atoms with van der Waals surface area (Å²) in [6.45, 7) is 5.53. The first-order chi connectivity index (χ1) is 6.61. The van der Waals surface area contributed by atoms with Gasteiger partial charge in [-0.25, -0.2) is 0 Å². The minimum absolute atomic E-state index is 0.116. The molecule has 1 aromatic carbocycles. The molecule has 0 bridgehead atoms. The average molecular weight is 189 g/mol. The van der Waals surface area contributed by atoms with Gasteiger partial charge in [-0.05, 0) is 19.1 Å². The van der Waals surface area contributed by atoms with Crippen LogP contribution in [0.1, 0.15) is 12.5 Å². The van der Waals surface area contributed by atoms with Crippen LogP contribution < -0.4 is 0 Å². The lowest BCUT2D eigenvalue weighted by Crippen LogP contribution is -1.90. The van der Waals surface area contributed by atoms with Gasteiger partial charge in [0.1, 0.15) is 0 Å². The maximum absolute atomic E-state index is 10.6. The van der Waals surface area contributed by atoms with Gasteiger partial charge in [-0.3, -0.25) is 10.1 Å². The third kappa shape index (κ3) is 2.55. The highest BCUT2D eigenvalue weighted by molar-refractivity contribution is 5.62. The van der Waals surface area contributed by atoms with Crippen LogP contribution in [0.15, 0.2) is 42.5 Å². The normalized spacial score (nSPS) is 10.4. The smallest absolute Gasteiger partial charge is 0.258 e. The molecule has 0 atom stereocenters. The third-order valence-electron chi connectivity index (χ3n) is 1.68. The summed E-state index contributed by atoms with van der Waals surface area (Å²) in [5, 5.41) is 10.6. The number of nitro benzene ring substituents is 1. The summed E-state index contributed by atoms with van der Waals surface area (Å²) in [6.07, 6.45) is 3.45. The Morgan fingerprint density at radius 2 is 2.14 bits per heavy atom. The molecule has 14 heavy (non-hydrogen) atoms. The first-order valence-corrected chi connectivity index (χ1v) is 4.18. The van der Waals surface area contributed by atoms with Crippen LogP contribution in [-0.4, -0.2) is 4.92 Å². The molecule has 72 valence electrons. The van der Waals surface area contributed by atoms with E-state index in [4.69, 9.17) is 0 Å². The van der Waals surface area contributed by atoms with E-state index in [2.05, 4.69) is 6.58 Å². The van der Waals surface area contributed by atoms with E-state index >= 15 is 0 Å². The third-order valence-corrected chi connectivity index (χ3v) is 1.68. The summed E-state index contributed by atoms with van der Waals surface area (Å²) in [7, 11) is 0. The quantitative estimate of drug-likeness (QED) is 0.416. The zero-order chi connectivity index (χ0) is 10.6. The highest BCUT2D eigenvalue weighted by Gasteiger charge is 2.08. The molecule has 0 fully saturated rings. The molecule has 0 radical (unpaired) electrons. The molecular formula is C11H11NO2. The highest BCUT2D eigenvalue weighted by atomic mass is 16.6. The van der Waals surface area contributed by atoms with Crippen molar-refractivity contribution in [3.05, 3.63) is 58.2 Å². The van der Waals surface area contributed by atoms with E-state index in [0.717, 1.165) is 5.57 Å². The Hall–Kier alpha value is -1.90. The van der Waals surface area contributed by atoms with Gasteiger partial charge in [0.05, 0.1) is 10.5 Å². The number of nitrogens with zero attached hydrogens (tertiary/aromatic N) is 1. The highest BCUT2D eigenvalue weighted by Crippen LogP contribution is 2.19. The van der Waals surface area contributed by atoms with Gasteiger partial charge in [-0.15, -0.1) is 0 Å². The van der Waals surface area contributed by atoms with E-state index in [0.29, 0.717) is 5.56 Å². The van der Waals surface area contributed by atoms with Crippen molar-refractivity contribution in [2.75, 3.05) is 0 Å². The molecule has 0 saturated carbocycles. The van der Waals surface area contributed by atoms with Crippen molar-refractivity contribution in [1.29, 1.82) is 0 Å². The summed E-state index contributed by atoms with van der Waals surface area (Å²) in [4.78, 5) is 10.2. The van der Waals surface area contributed by atoms with Crippen molar-refractivity contribution >= 4 is 11.8 Å². The number of allylic oxidation sites excluding steroid dienone is 2. The molecule has 0 saturated heterocycles. The SMILES string of the molecule is C=C(C)/C=C/c1ccccc1[N+](=O)[O-].